The highest BCUT2D eigenvalue weighted by atomic mass is 16.7. The molecule has 0 aromatic heterocycles. The predicted octanol–water partition coefficient (Wildman–Crippen LogP) is -0.691. The number of ether oxygens (including phenoxy) is 1. The Kier molecular flexibility index (Phi) is 5.65. The van der Waals surface area contributed by atoms with Gasteiger partial charge >= 0.3 is 0 Å². The summed E-state index contributed by atoms with van der Waals surface area (Å²) < 4.78 is 5.34. The Balaban J connectivity index is 2.14. The number of hydrogen-bond donors (Lipinski definition) is 1. The molecule has 2 amide bonds. The smallest absolute Gasteiger partial charge is 0.254 e. The van der Waals surface area contributed by atoms with Gasteiger partial charge in [-0.15, -0.1) is 0 Å². The van der Waals surface area contributed by atoms with E-state index >= 15 is 0 Å². The maximum Gasteiger partial charge on any atom is 0.254 e. The lowest BCUT2D eigenvalue weighted by Crippen LogP contribution is -2.59. The maximum atomic E-state index is 11.8. The Bertz CT molecular complexity index is 368. The van der Waals surface area contributed by atoms with Gasteiger partial charge in [-0.25, -0.2) is 9.74 Å². The zero-order valence-corrected chi connectivity index (χ0v) is 12.7. The molecule has 0 aliphatic carbocycles. The molecule has 2 aliphatic heterocycles. The molecule has 8 nitrogen and oxygen atoms in total. The van der Waals surface area contributed by atoms with E-state index in [-0.39, 0.29) is 37.4 Å². The van der Waals surface area contributed by atoms with Crippen LogP contribution in [0.3, 0.4) is 0 Å². The average molecular weight is 300 g/mol. The van der Waals surface area contributed by atoms with Gasteiger partial charge in [-0.05, 0) is 13.8 Å². The Morgan fingerprint density at radius 2 is 1.81 bits per heavy atom. The lowest BCUT2D eigenvalue weighted by atomic mass is 10.3. The molecule has 2 rings (SSSR count). The highest BCUT2D eigenvalue weighted by molar-refractivity contribution is 6.00. The van der Waals surface area contributed by atoms with E-state index in [1.54, 1.807) is 0 Å². The first-order valence-corrected chi connectivity index (χ1v) is 7.34. The molecule has 0 aromatic rings. The third kappa shape index (κ3) is 3.78. The summed E-state index contributed by atoms with van der Waals surface area (Å²) in [6, 6.07) is 0.121. The molecule has 2 aliphatic rings. The van der Waals surface area contributed by atoms with Crippen LogP contribution in [-0.4, -0.2) is 72.0 Å². The molecule has 0 saturated carbocycles. The number of hydroxylamine groups is 2. The van der Waals surface area contributed by atoms with E-state index in [2.05, 4.69) is 0 Å². The highest BCUT2D eigenvalue weighted by Crippen LogP contribution is 2.19. The van der Waals surface area contributed by atoms with Crippen molar-refractivity contribution in [3.63, 3.8) is 0 Å². The van der Waals surface area contributed by atoms with Gasteiger partial charge in [0.15, 0.2) is 6.35 Å². The topological polar surface area (TPSA) is 88.3 Å². The number of nitrogens with two attached hydrogens (primary N) is 1. The van der Waals surface area contributed by atoms with Crippen LogP contribution >= 0.6 is 0 Å². The van der Waals surface area contributed by atoms with Crippen LogP contribution in [0.4, 0.5) is 0 Å². The Morgan fingerprint density at radius 1 is 1.24 bits per heavy atom. The van der Waals surface area contributed by atoms with Gasteiger partial charge in [0.05, 0.1) is 13.2 Å². The molecular formula is C13H24N4O4. The molecule has 2 heterocycles. The van der Waals surface area contributed by atoms with Gasteiger partial charge in [0, 0.05) is 38.6 Å². The average Bonchev–Trinajstić information content (AvgIpc) is 2.79. The molecule has 2 fully saturated rings. The van der Waals surface area contributed by atoms with Crippen molar-refractivity contribution in [3.05, 3.63) is 0 Å². The van der Waals surface area contributed by atoms with Crippen LogP contribution in [0.1, 0.15) is 26.7 Å². The fourth-order valence-corrected chi connectivity index (χ4v) is 2.46. The number of nitrogens with zero attached hydrogens (tertiary/aromatic N) is 3. The third-order valence-electron chi connectivity index (χ3n) is 3.72. The molecule has 8 heteroatoms. The van der Waals surface area contributed by atoms with E-state index in [1.165, 1.54) is 0 Å². The molecule has 2 N–H and O–H groups in total. The summed E-state index contributed by atoms with van der Waals surface area (Å²) in [6.07, 6.45) is -0.123. The van der Waals surface area contributed by atoms with E-state index in [0.717, 1.165) is 5.06 Å². The van der Waals surface area contributed by atoms with E-state index in [9.17, 15) is 9.59 Å². The van der Waals surface area contributed by atoms with Gasteiger partial charge in [0.25, 0.3) is 11.8 Å². The molecule has 2 saturated heterocycles. The summed E-state index contributed by atoms with van der Waals surface area (Å²) in [7, 11) is 0. The quantitative estimate of drug-likeness (QED) is 0.513. The van der Waals surface area contributed by atoms with Gasteiger partial charge in [-0.2, -0.15) is 5.06 Å². The van der Waals surface area contributed by atoms with Crippen molar-refractivity contribution in [2.75, 3.05) is 33.0 Å². The van der Waals surface area contributed by atoms with Gasteiger partial charge in [0.1, 0.15) is 0 Å². The zero-order chi connectivity index (χ0) is 15.4. The van der Waals surface area contributed by atoms with Crippen LogP contribution < -0.4 is 5.73 Å². The van der Waals surface area contributed by atoms with Crippen molar-refractivity contribution in [1.29, 1.82) is 0 Å². The largest absolute Gasteiger partial charge is 0.379 e. The summed E-state index contributed by atoms with van der Waals surface area (Å²) in [4.78, 5) is 33.2. The first-order valence-electron chi connectivity index (χ1n) is 7.34. The summed E-state index contributed by atoms with van der Waals surface area (Å²) in [5.74, 6) is -0.585. The second-order valence-electron chi connectivity index (χ2n) is 5.45. The third-order valence-corrected chi connectivity index (χ3v) is 3.72. The van der Waals surface area contributed by atoms with Crippen LogP contribution in [0.25, 0.3) is 0 Å². The molecule has 0 radical (unpaired) electrons. The number of carbonyl (C=O) groups is 2. The normalized spacial score (nSPS) is 22.6. The number of carbonyl (C=O) groups excluding carboxylic acids is 2. The van der Waals surface area contributed by atoms with Crippen molar-refractivity contribution >= 4 is 11.8 Å². The summed E-state index contributed by atoms with van der Waals surface area (Å²) in [5.41, 5.74) is 5.82. The fourth-order valence-electron chi connectivity index (χ4n) is 2.46. The standard InChI is InChI=1S/C13H24N4O4/c1-10(2)16(9-14)13(15-5-7-20-8-6-15)21-17-11(18)3-4-12(17)19/h10,13H,3-9,14H2,1-2H3. The molecule has 0 spiro atoms. The van der Waals surface area contributed by atoms with Gasteiger partial charge < -0.3 is 10.5 Å². The molecule has 1 atom stereocenters. The van der Waals surface area contributed by atoms with E-state index in [1.807, 2.05) is 23.6 Å². The maximum absolute atomic E-state index is 11.8. The van der Waals surface area contributed by atoms with E-state index < -0.39 is 6.35 Å². The van der Waals surface area contributed by atoms with E-state index in [4.69, 9.17) is 15.3 Å². The van der Waals surface area contributed by atoms with Crippen molar-refractivity contribution in [2.24, 2.45) is 5.73 Å². The molecular weight excluding hydrogens is 276 g/mol. The minimum Gasteiger partial charge on any atom is -0.379 e. The Labute approximate surface area is 124 Å². The van der Waals surface area contributed by atoms with Crippen LogP contribution in [-0.2, 0) is 19.2 Å². The Hall–Kier alpha value is -1.06. The van der Waals surface area contributed by atoms with Crippen molar-refractivity contribution in [3.8, 4) is 0 Å². The molecule has 120 valence electrons. The van der Waals surface area contributed by atoms with Crippen LogP contribution in [0, 0.1) is 0 Å². The first kappa shape index (κ1) is 16.3. The van der Waals surface area contributed by atoms with Crippen molar-refractivity contribution in [1.82, 2.24) is 14.9 Å². The predicted molar refractivity (Wildman–Crippen MR) is 74.4 cm³/mol. The lowest BCUT2D eigenvalue weighted by molar-refractivity contribution is -0.274. The van der Waals surface area contributed by atoms with Crippen LogP contribution in [0.2, 0.25) is 0 Å². The van der Waals surface area contributed by atoms with Crippen LogP contribution in [0.5, 0.6) is 0 Å². The minimum atomic E-state index is -0.537. The van der Waals surface area contributed by atoms with Gasteiger partial charge in [-0.3, -0.25) is 14.5 Å². The van der Waals surface area contributed by atoms with Gasteiger partial charge in [-0.1, -0.05) is 0 Å². The van der Waals surface area contributed by atoms with Crippen LogP contribution in [0.15, 0.2) is 0 Å². The van der Waals surface area contributed by atoms with Gasteiger partial charge in [0.2, 0.25) is 0 Å². The number of amides is 2. The number of rotatable bonds is 6. The Morgan fingerprint density at radius 3 is 2.29 bits per heavy atom. The molecule has 21 heavy (non-hydrogen) atoms. The number of hydrogen-bond acceptors (Lipinski definition) is 7. The number of morpholine rings is 1. The fraction of sp³-hybridized carbons (Fsp3) is 0.846. The second kappa shape index (κ2) is 7.28. The SMILES string of the molecule is CC(C)N(CN)C(ON1C(=O)CCC1=O)N1CCOCC1. The summed E-state index contributed by atoms with van der Waals surface area (Å²) in [5, 5.41) is 0.894. The minimum absolute atomic E-state index is 0.121. The second-order valence-corrected chi connectivity index (χ2v) is 5.45. The molecule has 0 bridgehead atoms. The zero-order valence-electron chi connectivity index (χ0n) is 12.7. The molecule has 1 unspecified atom stereocenters. The first-order chi connectivity index (χ1) is 10.0. The summed E-state index contributed by atoms with van der Waals surface area (Å²) >= 11 is 0. The summed E-state index contributed by atoms with van der Waals surface area (Å²) in [6.45, 7) is 6.80. The monoisotopic (exact) mass is 300 g/mol. The van der Waals surface area contributed by atoms with Crippen molar-refractivity contribution in [2.45, 2.75) is 39.1 Å². The van der Waals surface area contributed by atoms with E-state index in [0.29, 0.717) is 26.3 Å². The molecule has 0 aromatic carbocycles. The highest BCUT2D eigenvalue weighted by Gasteiger charge is 2.37. The van der Waals surface area contributed by atoms with Crippen molar-refractivity contribution < 1.29 is 19.2 Å². The lowest BCUT2D eigenvalue weighted by Gasteiger charge is -2.42. The number of imide groups is 1.